The summed E-state index contributed by atoms with van der Waals surface area (Å²) in [5.74, 6) is -2.14. The molecule has 38 heavy (non-hydrogen) atoms. The summed E-state index contributed by atoms with van der Waals surface area (Å²) in [5, 5.41) is 11.4. The number of nitro groups is 1. The topological polar surface area (TPSA) is 123 Å². The second kappa shape index (κ2) is 9.58. The molecular weight excluding hydrogens is 526 g/mol. The number of imide groups is 1. The zero-order valence-electron chi connectivity index (χ0n) is 19.6. The highest BCUT2D eigenvalue weighted by atomic mass is 32.2. The van der Waals surface area contributed by atoms with E-state index in [-0.39, 0.29) is 17.2 Å². The molecule has 1 N–H and O–H groups in total. The molecule has 11 heteroatoms. The number of anilines is 1. The summed E-state index contributed by atoms with van der Waals surface area (Å²) >= 11 is 2.09. The van der Waals surface area contributed by atoms with Crippen LogP contribution in [0.3, 0.4) is 0 Å². The number of ether oxygens (including phenoxy) is 1. The minimum absolute atomic E-state index is 0.178. The lowest BCUT2D eigenvalue weighted by Gasteiger charge is -2.30. The molecule has 190 valence electrons. The number of H-pyrrole nitrogens is 1. The maximum absolute atomic E-state index is 13.9. The molecule has 3 aromatic carbocycles. The lowest BCUT2D eigenvalue weighted by molar-refractivity contribution is -0.385. The lowest BCUT2D eigenvalue weighted by atomic mass is 9.82. The normalized spacial score (nSPS) is 20.2. The first-order chi connectivity index (χ1) is 18.4. The van der Waals surface area contributed by atoms with Gasteiger partial charge < -0.3 is 9.72 Å². The number of thiazole rings is 1. The van der Waals surface area contributed by atoms with E-state index in [2.05, 4.69) is 4.98 Å². The van der Waals surface area contributed by atoms with Gasteiger partial charge >= 0.3 is 4.87 Å². The summed E-state index contributed by atoms with van der Waals surface area (Å²) in [5.41, 5.74) is 1.55. The first-order valence-electron chi connectivity index (χ1n) is 11.7. The Bertz CT molecular complexity index is 1620. The average molecular weight is 546 g/mol. The molecule has 2 aliphatic heterocycles. The van der Waals surface area contributed by atoms with Crippen LogP contribution in [0.15, 0.2) is 88.7 Å². The molecule has 6 rings (SSSR count). The average Bonchev–Trinajstić information content (AvgIpc) is 3.42. The van der Waals surface area contributed by atoms with Crippen LogP contribution in [0.1, 0.15) is 21.9 Å². The number of benzene rings is 3. The van der Waals surface area contributed by atoms with E-state index in [0.717, 1.165) is 28.7 Å². The van der Waals surface area contributed by atoms with Crippen molar-refractivity contribution in [1.29, 1.82) is 0 Å². The second-order valence-electron chi connectivity index (χ2n) is 8.85. The minimum atomic E-state index is -0.882. The Morgan fingerprint density at radius 3 is 2.37 bits per heavy atom. The van der Waals surface area contributed by atoms with Gasteiger partial charge in [0.2, 0.25) is 11.8 Å². The smallest absolute Gasteiger partial charge is 0.305 e. The predicted molar refractivity (Wildman–Crippen MR) is 143 cm³/mol. The van der Waals surface area contributed by atoms with E-state index in [1.165, 1.54) is 23.1 Å². The van der Waals surface area contributed by atoms with Crippen molar-refractivity contribution in [2.75, 3.05) is 4.90 Å². The van der Waals surface area contributed by atoms with Crippen LogP contribution < -0.4 is 14.5 Å². The van der Waals surface area contributed by atoms with Crippen LogP contribution in [0, 0.1) is 16.0 Å². The molecule has 3 heterocycles. The number of fused-ring (bicyclic) bond motifs is 2. The standard InChI is InChI=1S/C27H19N3O6S2/c31-25-21-20(18-13-17(30(34)35)11-12-19(18)36-14-15-7-3-1-4-8-15)22-24(28-27(33)38-22)37-23(21)26(32)29(25)16-9-5-2-6-10-16/h1-13,20-21,23H,14H2,(H,28,33)/t20-,21-,23+/m0/s1. The summed E-state index contributed by atoms with van der Waals surface area (Å²) in [6, 6.07) is 22.3. The molecule has 0 saturated carbocycles. The number of nitro benzene ring substituents is 1. The number of hydrogen-bond donors (Lipinski definition) is 1. The number of carbonyl (C=O) groups excluding carboxylic acids is 2. The van der Waals surface area contributed by atoms with Crippen LogP contribution in [0.25, 0.3) is 0 Å². The third-order valence-corrected chi connectivity index (χ3v) is 9.02. The molecule has 1 aromatic heterocycles. The number of aromatic nitrogens is 1. The highest BCUT2D eigenvalue weighted by Crippen LogP contribution is 2.55. The van der Waals surface area contributed by atoms with Gasteiger partial charge in [0.15, 0.2) is 0 Å². The fraction of sp³-hybridized carbons (Fsp3) is 0.148. The summed E-state index contributed by atoms with van der Waals surface area (Å²) in [4.78, 5) is 55.3. The van der Waals surface area contributed by atoms with Gasteiger partial charge in [-0.1, -0.05) is 71.6 Å². The van der Waals surface area contributed by atoms with Crippen LogP contribution in [-0.4, -0.2) is 27.0 Å². The van der Waals surface area contributed by atoms with E-state index in [9.17, 15) is 24.5 Å². The molecule has 3 atom stereocenters. The van der Waals surface area contributed by atoms with Gasteiger partial charge in [-0.2, -0.15) is 0 Å². The summed E-state index contributed by atoms with van der Waals surface area (Å²) in [7, 11) is 0. The number of carbonyl (C=O) groups is 2. The zero-order chi connectivity index (χ0) is 26.4. The van der Waals surface area contributed by atoms with E-state index in [4.69, 9.17) is 4.74 Å². The van der Waals surface area contributed by atoms with Crippen molar-refractivity contribution in [3.8, 4) is 5.75 Å². The third kappa shape index (κ3) is 4.09. The van der Waals surface area contributed by atoms with Gasteiger partial charge in [-0.15, -0.1) is 0 Å². The van der Waals surface area contributed by atoms with Gasteiger partial charge in [-0.25, -0.2) is 4.90 Å². The first-order valence-corrected chi connectivity index (χ1v) is 13.4. The number of nitrogens with one attached hydrogen (secondary N) is 1. The molecule has 0 aliphatic carbocycles. The van der Waals surface area contributed by atoms with E-state index in [1.807, 2.05) is 30.3 Å². The first kappa shape index (κ1) is 24.1. The molecule has 0 spiro atoms. The van der Waals surface area contributed by atoms with Gasteiger partial charge in [0.25, 0.3) is 5.69 Å². The zero-order valence-corrected chi connectivity index (χ0v) is 21.2. The molecule has 2 amide bonds. The Morgan fingerprint density at radius 1 is 0.947 bits per heavy atom. The Hall–Kier alpha value is -4.22. The van der Waals surface area contributed by atoms with Crippen molar-refractivity contribution < 1.29 is 19.2 Å². The van der Waals surface area contributed by atoms with Crippen molar-refractivity contribution in [2.24, 2.45) is 5.92 Å². The van der Waals surface area contributed by atoms with E-state index >= 15 is 0 Å². The Labute approximate surface area is 224 Å². The van der Waals surface area contributed by atoms with Gasteiger partial charge in [0.1, 0.15) is 17.6 Å². The van der Waals surface area contributed by atoms with E-state index in [1.54, 1.807) is 30.3 Å². The van der Waals surface area contributed by atoms with Crippen molar-refractivity contribution in [2.45, 2.75) is 22.8 Å². The van der Waals surface area contributed by atoms with Crippen molar-refractivity contribution >= 4 is 46.3 Å². The quantitative estimate of drug-likeness (QED) is 0.211. The van der Waals surface area contributed by atoms with Gasteiger partial charge in [0, 0.05) is 28.5 Å². The molecule has 1 saturated heterocycles. The van der Waals surface area contributed by atoms with Crippen molar-refractivity contribution in [1.82, 2.24) is 4.98 Å². The highest BCUT2D eigenvalue weighted by Gasteiger charge is 2.57. The van der Waals surface area contributed by atoms with Gasteiger partial charge in [0.05, 0.1) is 21.6 Å². The van der Waals surface area contributed by atoms with Crippen LogP contribution in [-0.2, 0) is 16.2 Å². The largest absolute Gasteiger partial charge is 0.489 e. The molecule has 2 aliphatic rings. The van der Waals surface area contributed by atoms with Crippen molar-refractivity contribution in [3.63, 3.8) is 0 Å². The number of nitrogens with zero attached hydrogens (tertiary/aromatic N) is 2. The minimum Gasteiger partial charge on any atom is -0.489 e. The summed E-state index contributed by atoms with van der Waals surface area (Å²) in [6.07, 6.45) is 0. The monoisotopic (exact) mass is 545 g/mol. The van der Waals surface area contributed by atoms with E-state index < -0.39 is 33.8 Å². The Kier molecular flexibility index (Phi) is 6.09. The van der Waals surface area contributed by atoms with Crippen LogP contribution in [0.4, 0.5) is 11.4 Å². The second-order valence-corrected chi connectivity index (χ2v) is 11.0. The molecule has 4 aromatic rings. The fourth-order valence-corrected chi connectivity index (χ4v) is 7.45. The fourth-order valence-electron chi connectivity index (χ4n) is 4.94. The maximum atomic E-state index is 13.9. The molecule has 0 radical (unpaired) electrons. The molecule has 0 unspecified atom stereocenters. The van der Waals surface area contributed by atoms with Gasteiger partial charge in [-0.3, -0.25) is 24.5 Å². The summed E-state index contributed by atoms with van der Waals surface area (Å²) in [6.45, 7) is 0.195. The van der Waals surface area contributed by atoms with Crippen LogP contribution in [0.5, 0.6) is 5.75 Å². The molecule has 1 fully saturated rings. The number of amides is 2. The third-order valence-electron chi connectivity index (χ3n) is 6.61. The van der Waals surface area contributed by atoms with Crippen molar-refractivity contribution in [3.05, 3.63) is 115 Å². The number of non-ortho nitro benzene ring substituents is 1. The highest BCUT2D eigenvalue weighted by molar-refractivity contribution is 8.00. The van der Waals surface area contributed by atoms with Crippen LogP contribution in [0.2, 0.25) is 0 Å². The van der Waals surface area contributed by atoms with Gasteiger partial charge in [-0.05, 0) is 23.8 Å². The number of thioether (sulfide) groups is 1. The van der Waals surface area contributed by atoms with Crippen LogP contribution >= 0.6 is 23.1 Å². The van der Waals surface area contributed by atoms with E-state index in [0.29, 0.717) is 26.9 Å². The lowest BCUT2D eigenvalue weighted by Crippen LogP contribution is -2.32. The molecular formula is C27H19N3O6S2. The Balaban J connectivity index is 1.49. The SMILES string of the molecule is O=C1[C@H]2[C@H](c3cc([N+](=O)[O-])ccc3OCc3ccccc3)c3sc(=O)[nH]c3S[C@H]2C(=O)N1c1ccccc1. The Morgan fingerprint density at radius 2 is 1.66 bits per heavy atom. The number of para-hydroxylation sites is 1. The summed E-state index contributed by atoms with van der Waals surface area (Å²) < 4.78 is 6.13. The maximum Gasteiger partial charge on any atom is 0.305 e. The molecule has 9 nitrogen and oxygen atoms in total. The molecule has 0 bridgehead atoms. The number of aromatic amines is 1. The number of hydrogen-bond acceptors (Lipinski definition) is 8. The number of rotatable bonds is 6. The predicted octanol–water partition coefficient (Wildman–Crippen LogP) is 4.72.